The van der Waals surface area contributed by atoms with Crippen molar-refractivity contribution >= 4 is 43.2 Å². The first-order valence-corrected chi connectivity index (χ1v) is 7.89. The number of hydrogen-bond acceptors (Lipinski definition) is 3. The fourth-order valence-corrected chi connectivity index (χ4v) is 2.79. The van der Waals surface area contributed by atoms with E-state index in [2.05, 4.69) is 25.8 Å². The van der Waals surface area contributed by atoms with Gasteiger partial charge < -0.3 is 0 Å². The van der Waals surface area contributed by atoms with E-state index in [4.69, 9.17) is 11.6 Å². The molecule has 0 amide bonds. The summed E-state index contributed by atoms with van der Waals surface area (Å²) in [5.74, 6) is 0. The lowest BCUT2D eigenvalue weighted by molar-refractivity contribution is 0.607. The zero-order chi connectivity index (χ0) is 13.3. The summed E-state index contributed by atoms with van der Waals surface area (Å²) in [6.07, 6.45) is 4.10. The van der Waals surface area contributed by atoms with Crippen molar-refractivity contribution in [1.82, 2.24) is 9.78 Å². The van der Waals surface area contributed by atoms with Crippen LogP contribution < -0.4 is 4.72 Å². The molecule has 0 spiro atoms. The lowest BCUT2D eigenvalue weighted by Crippen LogP contribution is -2.08. The highest BCUT2D eigenvalue weighted by Crippen LogP contribution is 2.25. The lowest BCUT2D eigenvalue weighted by atomic mass is 10.3. The van der Waals surface area contributed by atoms with Gasteiger partial charge in [-0.3, -0.25) is 4.72 Å². The fourth-order valence-electron chi connectivity index (χ4n) is 1.39. The van der Waals surface area contributed by atoms with Crippen molar-refractivity contribution in [2.75, 3.05) is 11.0 Å². The molecule has 0 aliphatic rings. The molecule has 2 aromatic rings. The Hall–Kier alpha value is -1.05. The monoisotopic (exact) mass is 349 g/mol. The van der Waals surface area contributed by atoms with Gasteiger partial charge in [0.2, 0.25) is 10.0 Å². The third kappa shape index (κ3) is 3.24. The van der Waals surface area contributed by atoms with Crippen LogP contribution in [0, 0.1) is 0 Å². The molecule has 0 aliphatic carbocycles. The van der Waals surface area contributed by atoms with E-state index < -0.39 is 10.0 Å². The number of benzene rings is 1. The van der Waals surface area contributed by atoms with E-state index in [0.29, 0.717) is 10.7 Å². The fraction of sp³-hybridized carbons (Fsp3) is 0.100. The Kier molecular flexibility index (Phi) is 3.65. The summed E-state index contributed by atoms with van der Waals surface area (Å²) in [7, 11) is -3.30. The van der Waals surface area contributed by atoms with Gasteiger partial charge in [0.15, 0.2) is 0 Å². The molecule has 1 aromatic carbocycles. The maximum Gasteiger partial charge on any atom is 0.229 e. The third-order valence-corrected chi connectivity index (χ3v) is 3.52. The van der Waals surface area contributed by atoms with Crippen LogP contribution in [0.4, 0.5) is 5.69 Å². The van der Waals surface area contributed by atoms with Gasteiger partial charge in [0.25, 0.3) is 0 Å². The van der Waals surface area contributed by atoms with Crippen LogP contribution in [0.2, 0.25) is 5.02 Å². The Labute approximate surface area is 118 Å². The molecule has 0 fully saturated rings. The van der Waals surface area contributed by atoms with Gasteiger partial charge in [-0.15, -0.1) is 0 Å². The van der Waals surface area contributed by atoms with Gasteiger partial charge >= 0.3 is 0 Å². The first kappa shape index (κ1) is 13.4. The number of nitrogens with one attached hydrogen (secondary N) is 1. The van der Waals surface area contributed by atoms with E-state index in [1.54, 1.807) is 29.1 Å². The van der Waals surface area contributed by atoms with E-state index in [1.165, 1.54) is 6.20 Å². The molecule has 1 aromatic heterocycles. The molecule has 8 heteroatoms. The second-order valence-corrected chi connectivity index (χ2v) is 6.68. The molecule has 96 valence electrons. The Morgan fingerprint density at radius 1 is 1.44 bits per heavy atom. The number of rotatable bonds is 3. The zero-order valence-electron chi connectivity index (χ0n) is 9.26. The summed E-state index contributed by atoms with van der Waals surface area (Å²) < 4.78 is 26.8. The largest absolute Gasteiger partial charge is 0.281 e. The van der Waals surface area contributed by atoms with Crippen LogP contribution >= 0.6 is 27.5 Å². The number of anilines is 1. The number of nitrogens with zero attached hydrogens (tertiary/aromatic N) is 2. The van der Waals surface area contributed by atoms with Crippen molar-refractivity contribution in [3.63, 3.8) is 0 Å². The molecule has 5 nitrogen and oxygen atoms in total. The van der Waals surface area contributed by atoms with E-state index in [-0.39, 0.29) is 0 Å². The summed E-state index contributed by atoms with van der Waals surface area (Å²) in [4.78, 5) is 0. The quantitative estimate of drug-likeness (QED) is 0.925. The van der Waals surface area contributed by atoms with Gasteiger partial charge in [0, 0.05) is 9.50 Å². The molecular weight excluding hydrogens is 342 g/mol. The number of halogens is 2. The summed E-state index contributed by atoms with van der Waals surface area (Å²) in [5.41, 5.74) is 1.17. The molecule has 0 saturated carbocycles. The van der Waals surface area contributed by atoms with Crippen molar-refractivity contribution in [3.05, 3.63) is 40.1 Å². The molecule has 1 heterocycles. The maximum absolute atomic E-state index is 11.1. The molecule has 1 N–H and O–H groups in total. The van der Waals surface area contributed by atoms with Gasteiger partial charge in [0.05, 0.1) is 30.0 Å². The number of sulfonamides is 1. The average Bonchev–Trinajstić information content (AvgIpc) is 2.63. The molecule has 0 saturated heterocycles. The lowest BCUT2D eigenvalue weighted by Gasteiger charge is -2.04. The minimum atomic E-state index is -3.30. The molecule has 0 unspecified atom stereocenters. The van der Waals surface area contributed by atoms with Crippen molar-refractivity contribution in [3.8, 4) is 5.69 Å². The Balaban J connectivity index is 2.35. The summed E-state index contributed by atoms with van der Waals surface area (Å²) in [6.45, 7) is 0. The summed E-state index contributed by atoms with van der Waals surface area (Å²) >= 11 is 9.22. The Morgan fingerprint density at radius 2 is 2.17 bits per heavy atom. The molecule has 2 rings (SSSR count). The highest BCUT2D eigenvalue weighted by atomic mass is 79.9. The second kappa shape index (κ2) is 4.91. The van der Waals surface area contributed by atoms with Crippen LogP contribution in [0.1, 0.15) is 0 Å². The van der Waals surface area contributed by atoms with Crippen molar-refractivity contribution in [2.24, 2.45) is 0 Å². The predicted molar refractivity (Wildman–Crippen MR) is 74.7 cm³/mol. The minimum absolute atomic E-state index is 0.402. The van der Waals surface area contributed by atoms with E-state index in [9.17, 15) is 8.42 Å². The van der Waals surface area contributed by atoms with Crippen LogP contribution in [-0.2, 0) is 10.0 Å². The molecular formula is C10H9BrClN3O2S. The maximum atomic E-state index is 11.1. The van der Waals surface area contributed by atoms with E-state index in [1.807, 2.05) is 0 Å². The van der Waals surface area contributed by atoms with Gasteiger partial charge in [-0.2, -0.15) is 5.10 Å². The first-order valence-electron chi connectivity index (χ1n) is 4.83. The highest BCUT2D eigenvalue weighted by Gasteiger charge is 2.08. The molecule has 0 atom stereocenters. The molecule has 18 heavy (non-hydrogen) atoms. The molecule has 0 bridgehead atoms. The van der Waals surface area contributed by atoms with Crippen molar-refractivity contribution in [1.29, 1.82) is 0 Å². The van der Waals surface area contributed by atoms with Gasteiger partial charge in [-0.05, 0) is 34.1 Å². The van der Waals surface area contributed by atoms with Gasteiger partial charge in [-0.25, -0.2) is 13.1 Å². The molecule has 0 radical (unpaired) electrons. The van der Waals surface area contributed by atoms with E-state index >= 15 is 0 Å². The Morgan fingerprint density at radius 3 is 2.78 bits per heavy atom. The van der Waals surface area contributed by atoms with Crippen molar-refractivity contribution < 1.29 is 8.42 Å². The van der Waals surface area contributed by atoms with Crippen LogP contribution in [0.15, 0.2) is 35.1 Å². The summed E-state index contributed by atoms with van der Waals surface area (Å²) in [6, 6.07) is 5.25. The number of hydrogen-bond donors (Lipinski definition) is 1. The van der Waals surface area contributed by atoms with E-state index in [0.717, 1.165) is 16.4 Å². The highest BCUT2D eigenvalue weighted by molar-refractivity contribution is 9.10. The predicted octanol–water partition coefficient (Wildman–Crippen LogP) is 2.66. The SMILES string of the molecule is CS(=O)(=O)Nc1cnn(-c2ccc(Cl)cc2Br)c1. The van der Waals surface area contributed by atoms with Gasteiger partial charge in [-0.1, -0.05) is 11.6 Å². The second-order valence-electron chi connectivity index (χ2n) is 3.64. The van der Waals surface area contributed by atoms with Gasteiger partial charge in [0.1, 0.15) is 0 Å². The molecule has 0 aliphatic heterocycles. The van der Waals surface area contributed by atoms with Crippen LogP contribution in [0.3, 0.4) is 0 Å². The zero-order valence-corrected chi connectivity index (χ0v) is 12.4. The van der Waals surface area contributed by atoms with Crippen molar-refractivity contribution in [2.45, 2.75) is 0 Å². The number of aromatic nitrogens is 2. The van der Waals surface area contributed by atoms with Crippen LogP contribution in [0.25, 0.3) is 5.69 Å². The standard InChI is InChI=1S/C10H9BrClN3O2S/c1-18(16,17)14-8-5-13-15(6-8)10-3-2-7(12)4-9(10)11/h2-6,14H,1H3. The van der Waals surface area contributed by atoms with Crippen LogP contribution in [-0.4, -0.2) is 24.5 Å². The topological polar surface area (TPSA) is 64.0 Å². The first-order chi connectivity index (χ1) is 8.35. The smallest absolute Gasteiger partial charge is 0.229 e. The normalized spacial score (nSPS) is 11.5. The van der Waals surface area contributed by atoms with Crippen LogP contribution in [0.5, 0.6) is 0 Å². The third-order valence-electron chi connectivity index (χ3n) is 2.04. The minimum Gasteiger partial charge on any atom is -0.281 e. The summed E-state index contributed by atoms with van der Waals surface area (Å²) in [5, 5.41) is 4.68. The average molecular weight is 351 g/mol. The Bertz CT molecular complexity index is 684.